The summed E-state index contributed by atoms with van der Waals surface area (Å²) in [5.41, 5.74) is 2.20. The molecule has 5 heteroatoms. The van der Waals surface area contributed by atoms with E-state index in [2.05, 4.69) is 16.0 Å². The third-order valence-corrected chi connectivity index (χ3v) is 3.56. The predicted octanol–water partition coefficient (Wildman–Crippen LogP) is 1.50. The maximum Gasteiger partial charge on any atom is 0.158 e. The molecule has 2 rings (SSSR count). The van der Waals surface area contributed by atoms with Crippen LogP contribution in [0.2, 0.25) is 0 Å². The topological polar surface area (TPSA) is 39.3 Å². The van der Waals surface area contributed by atoms with Crippen molar-refractivity contribution >= 4 is 29.1 Å². The molecule has 0 amide bonds. The second-order valence-corrected chi connectivity index (χ2v) is 4.91. The molecule has 3 nitrogen and oxygen atoms in total. The van der Waals surface area contributed by atoms with Gasteiger partial charge in [0.1, 0.15) is 0 Å². The molecule has 0 saturated heterocycles. The molecule has 76 valence electrons. The molecule has 2 N–H and O–H groups in total. The van der Waals surface area contributed by atoms with Crippen molar-refractivity contribution in [1.29, 1.82) is 0 Å². The lowest BCUT2D eigenvalue weighted by atomic mass is 10.1. The summed E-state index contributed by atoms with van der Waals surface area (Å²) in [6.07, 6.45) is 2.13. The van der Waals surface area contributed by atoms with Gasteiger partial charge in [0.25, 0.3) is 0 Å². The second kappa shape index (κ2) is 3.94. The van der Waals surface area contributed by atoms with Crippen molar-refractivity contribution in [3.8, 4) is 0 Å². The Kier molecular flexibility index (Phi) is 2.83. The number of thiazole rings is 1. The number of likely N-dealkylation sites (N-methyl/N-ethyl adjacent to an activating group) is 1. The molecule has 0 bridgehead atoms. The highest BCUT2D eigenvalue weighted by molar-refractivity contribution is 7.73. The minimum atomic E-state index is 0.107. The van der Waals surface area contributed by atoms with Crippen molar-refractivity contribution in [2.24, 2.45) is 0 Å². The third kappa shape index (κ3) is 1.68. The van der Waals surface area contributed by atoms with E-state index in [0.717, 1.165) is 21.8 Å². The van der Waals surface area contributed by atoms with E-state index < -0.39 is 0 Å². The molecule has 0 aliphatic carbocycles. The van der Waals surface area contributed by atoms with E-state index in [1.54, 1.807) is 0 Å². The van der Waals surface area contributed by atoms with Crippen LogP contribution in [-0.2, 0) is 0 Å². The van der Waals surface area contributed by atoms with Crippen LogP contribution in [0.1, 0.15) is 5.69 Å². The van der Waals surface area contributed by atoms with E-state index in [-0.39, 0.29) is 12.6 Å². The lowest BCUT2D eigenvalue weighted by Gasteiger charge is -2.19. The molecule has 0 spiro atoms. The van der Waals surface area contributed by atoms with Gasteiger partial charge in [-0.2, -0.15) is 0 Å². The highest BCUT2D eigenvalue weighted by atomic mass is 32.1. The van der Waals surface area contributed by atoms with Crippen molar-refractivity contribution in [2.75, 3.05) is 20.2 Å². The van der Waals surface area contributed by atoms with E-state index in [1.165, 1.54) is 11.3 Å². The molecule has 2 heterocycles. The first kappa shape index (κ1) is 10.0. The largest absolute Gasteiger partial charge is 0.394 e. The van der Waals surface area contributed by atoms with Crippen molar-refractivity contribution in [3.63, 3.8) is 0 Å². The minimum absolute atomic E-state index is 0.107. The van der Waals surface area contributed by atoms with Crippen LogP contribution in [-0.4, -0.2) is 41.2 Å². The zero-order valence-corrected chi connectivity index (χ0v) is 9.49. The lowest BCUT2D eigenvalue weighted by molar-refractivity contribution is 0.203. The number of aliphatic hydroxyl groups excluding tert-OH is 1. The molecule has 1 aliphatic rings. The highest BCUT2D eigenvalue weighted by Gasteiger charge is 2.25. The van der Waals surface area contributed by atoms with Crippen LogP contribution < -0.4 is 0 Å². The van der Waals surface area contributed by atoms with E-state index in [1.807, 2.05) is 12.4 Å². The summed E-state index contributed by atoms with van der Waals surface area (Å²) < 4.78 is 0.784. The van der Waals surface area contributed by atoms with Gasteiger partial charge in [0.2, 0.25) is 0 Å². The van der Waals surface area contributed by atoms with Crippen LogP contribution in [0.3, 0.4) is 0 Å². The number of nitrogens with zero attached hydrogens (tertiary/aromatic N) is 1. The average Bonchev–Trinajstić information content (AvgIpc) is 2.71. The number of rotatable bonds is 2. The Balaban J connectivity index is 2.31. The number of aliphatic hydroxyl groups is 1. The standard InChI is InChI=1S/C9H12N2OS2/c1-11-3-2-6(8(11)4-12)7-5-14-9(13)10-7/h2,5,8,12H,3-4H2,1H3,(H,10,13)/t8-/m0/s1. The first-order valence-corrected chi connectivity index (χ1v) is 5.70. The summed E-state index contributed by atoms with van der Waals surface area (Å²) in [6, 6.07) is 0.107. The van der Waals surface area contributed by atoms with Gasteiger partial charge >= 0.3 is 0 Å². The molecule has 1 aromatic heterocycles. The van der Waals surface area contributed by atoms with E-state index >= 15 is 0 Å². The molecule has 0 fully saturated rings. The summed E-state index contributed by atoms with van der Waals surface area (Å²) in [5.74, 6) is 0. The third-order valence-electron chi connectivity index (χ3n) is 2.49. The molecule has 1 aliphatic heterocycles. The molecule has 0 radical (unpaired) electrons. The fraction of sp³-hybridized carbons (Fsp3) is 0.444. The monoisotopic (exact) mass is 228 g/mol. The molecule has 1 aromatic rings. The zero-order chi connectivity index (χ0) is 10.1. The maximum atomic E-state index is 9.26. The summed E-state index contributed by atoms with van der Waals surface area (Å²) in [6.45, 7) is 1.04. The van der Waals surface area contributed by atoms with Crippen LogP contribution in [0.25, 0.3) is 5.57 Å². The number of hydrogen-bond donors (Lipinski definition) is 2. The Morgan fingerprint density at radius 3 is 3.14 bits per heavy atom. The van der Waals surface area contributed by atoms with Crippen molar-refractivity contribution < 1.29 is 5.11 Å². The molecular formula is C9H12N2OS2. The normalized spacial score (nSPS) is 22.7. The van der Waals surface area contributed by atoms with Crippen LogP contribution in [0.15, 0.2) is 11.5 Å². The quantitative estimate of drug-likeness (QED) is 0.753. The number of aromatic amines is 1. The first-order valence-electron chi connectivity index (χ1n) is 4.41. The van der Waals surface area contributed by atoms with Crippen LogP contribution in [0, 0.1) is 3.95 Å². The molecule has 14 heavy (non-hydrogen) atoms. The van der Waals surface area contributed by atoms with Gasteiger partial charge in [-0.25, -0.2) is 0 Å². The van der Waals surface area contributed by atoms with Gasteiger partial charge in [-0.1, -0.05) is 6.08 Å². The first-order chi connectivity index (χ1) is 6.72. The average molecular weight is 228 g/mol. The van der Waals surface area contributed by atoms with Gasteiger partial charge in [0, 0.05) is 11.9 Å². The maximum absolute atomic E-state index is 9.26. The molecule has 0 aromatic carbocycles. The SMILES string of the molecule is CN1CC=C(c2csc(=S)[nH]2)[C@@H]1CO. The smallest absolute Gasteiger partial charge is 0.158 e. The molecule has 0 unspecified atom stereocenters. The predicted molar refractivity (Wildman–Crippen MR) is 61.0 cm³/mol. The fourth-order valence-electron chi connectivity index (χ4n) is 1.69. The van der Waals surface area contributed by atoms with E-state index in [4.69, 9.17) is 12.2 Å². The Bertz CT molecular complexity index is 407. The molecular weight excluding hydrogens is 216 g/mol. The summed E-state index contributed by atoms with van der Waals surface area (Å²) in [5, 5.41) is 11.3. The number of nitrogens with one attached hydrogen (secondary N) is 1. The fourth-order valence-corrected chi connectivity index (χ4v) is 2.53. The number of hydrogen-bond acceptors (Lipinski definition) is 4. The lowest BCUT2D eigenvalue weighted by Crippen LogP contribution is -2.30. The van der Waals surface area contributed by atoms with Gasteiger partial charge in [0.15, 0.2) is 3.95 Å². The van der Waals surface area contributed by atoms with Crippen molar-refractivity contribution in [1.82, 2.24) is 9.88 Å². The van der Waals surface area contributed by atoms with Crippen LogP contribution in [0.4, 0.5) is 0 Å². The van der Waals surface area contributed by atoms with E-state index in [9.17, 15) is 5.11 Å². The highest BCUT2D eigenvalue weighted by Crippen LogP contribution is 2.26. The van der Waals surface area contributed by atoms with E-state index in [0.29, 0.717) is 0 Å². The Hall–Kier alpha value is -0.490. The van der Waals surface area contributed by atoms with Gasteiger partial charge in [0.05, 0.1) is 18.3 Å². The molecule has 0 saturated carbocycles. The van der Waals surface area contributed by atoms with Crippen molar-refractivity contribution in [3.05, 3.63) is 21.1 Å². The second-order valence-electron chi connectivity index (χ2n) is 3.36. The number of aromatic nitrogens is 1. The Morgan fingerprint density at radius 1 is 1.79 bits per heavy atom. The zero-order valence-electron chi connectivity index (χ0n) is 7.86. The van der Waals surface area contributed by atoms with Crippen molar-refractivity contribution in [2.45, 2.75) is 6.04 Å². The van der Waals surface area contributed by atoms with Gasteiger partial charge in [-0.3, -0.25) is 4.90 Å². The van der Waals surface area contributed by atoms with Gasteiger partial charge < -0.3 is 10.1 Å². The Labute approximate surface area is 91.7 Å². The minimum Gasteiger partial charge on any atom is -0.394 e. The summed E-state index contributed by atoms with van der Waals surface area (Å²) >= 11 is 6.56. The Morgan fingerprint density at radius 2 is 2.57 bits per heavy atom. The van der Waals surface area contributed by atoms with Gasteiger partial charge in [-0.15, -0.1) is 11.3 Å². The molecule has 1 atom stereocenters. The summed E-state index contributed by atoms with van der Waals surface area (Å²) in [4.78, 5) is 5.25. The summed E-state index contributed by atoms with van der Waals surface area (Å²) in [7, 11) is 2.01. The number of H-pyrrole nitrogens is 1. The van der Waals surface area contributed by atoms with Gasteiger partial charge in [-0.05, 0) is 24.8 Å². The van der Waals surface area contributed by atoms with Crippen LogP contribution >= 0.6 is 23.6 Å². The van der Waals surface area contributed by atoms with Crippen LogP contribution in [0.5, 0.6) is 0 Å².